The van der Waals surface area contributed by atoms with E-state index in [0.717, 1.165) is 27.2 Å². The van der Waals surface area contributed by atoms with Crippen molar-refractivity contribution in [1.29, 1.82) is 0 Å². The molecule has 3 aromatic rings. The van der Waals surface area contributed by atoms with Gasteiger partial charge in [0.25, 0.3) is 11.5 Å². The predicted molar refractivity (Wildman–Crippen MR) is 521 cm³/mol. The smallest absolute Gasteiger partial charge is 0.481 e. The average Bonchev–Trinajstić information content (AvgIpc) is 1.51. The summed E-state index contributed by atoms with van der Waals surface area (Å²) in [7, 11) is 2.26. The summed E-state index contributed by atoms with van der Waals surface area (Å²) in [5.74, 6) is -16.1. The molecule has 32 N–H and O–H groups in total. The third-order valence-electron chi connectivity index (χ3n) is 27.0. The number of nitrogen functional groups attached to an aromatic ring is 1. The van der Waals surface area contributed by atoms with Crippen molar-refractivity contribution in [3.05, 3.63) is 75.9 Å². The number of allylic oxidation sites excluding steroid dienone is 4. The van der Waals surface area contributed by atoms with Gasteiger partial charge in [-0.05, 0) is 133 Å². The first kappa shape index (κ1) is 123. The van der Waals surface area contributed by atoms with Gasteiger partial charge in [-0.3, -0.25) is 76.9 Å². The fraction of sp³-hybridized carbons (Fsp3) is 0.667. The van der Waals surface area contributed by atoms with Crippen LogP contribution in [0.25, 0.3) is 11.2 Å². The normalized spacial score (nSPS) is 23.4. The Bertz CT molecular complexity index is 5230. The van der Waals surface area contributed by atoms with Gasteiger partial charge in [-0.25, -0.2) is 14.8 Å². The number of carboxylic acids is 2. The minimum atomic E-state index is -2.23. The number of hydrogen-bond donors (Lipinski definition) is 31. The van der Waals surface area contributed by atoms with Crippen molar-refractivity contribution in [3.8, 4) is 0 Å². The number of aromatic nitrogens is 4. The van der Waals surface area contributed by atoms with Gasteiger partial charge in [0.15, 0.2) is 35.4 Å². The van der Waals surface area contributed by atoms with E-state index in [4.69, 9.17) is 24.7 Å². The highest BCUT2D eigenvalue weighted by Gasteiger charge is 2.76. The molecular weight excluding hydrogens is 2010 g/mol. The van der Waals surface area contributed by atoms with Gasteiger partial charge >= 0.3 is 18.1 Å². The molecule has 149 heavy (non-hydrogen) atoms. The zero-order valence-electron chi connectivity index (χ0n) is 82.5. The molecule has 28 atom stereocenters. The molecule has 1 aliphatic heterocycles. The first-order chi connectivity index (χ1) is 70.4. The van der Waals surface area contributed by atoms with Crippen molar-refractivity contribution in [2.75, 3.05) is 75.2 Å². The number of nitrogens with two attached hydrogens (primary N) is 1. The van der Waals surface area contributed by atoms with Crippen LogP contribution in [0.5, 0.6) is 0 Å². The number of benzene rings is 1. The lowest BCUT2D eigenvalue weighted by Crippen LogP contribution is -2.63. The van der Waals surface area contributed by atoms with E-state index in [1.54, 1.807) is 18.2 Å². The summed E-state index contributed by atoms with van der Waals surface area (Å²) in [6.45, 7) is 2.05. The maximum absolute atomic E-state index is 15.0. The van der Waals surface area contributed by atoms with Gasteiger partial charge in [-0.1, -0.05) is 60.4 Å². The molecule has 2 aromatic heterocycles. The average molecular weight is 2150 g/mol. The number of ketones is 2. The van der Waals surface area contributed by atoms with E-state index in [1.165, 1.54) is 38.3 Å². The Morgan fingerprint density at radius 2 is 1.05 bits per heavy atom. The second kappa shape index (κ2) is 57.8. The molecule has 0 radical (unpaired) electrons. The lowest BCUT2D eigenvalue weighted by atomic mass is 9.46. The van der Waals surface area contributed by atoms with E-state index in [1.807, 2.05) is 26.8 Å². The number of Topliss-reactive ketones (excluding diaryl/α,β-unsaturated/α-hetero) is 1. The van der Waals surface area contributed by atoms with Gasteiger partial charge in [0.1, 0.15) is 91.8 Å². The summed E-state index contributed by atoms with van der Waals surface area (Å²) in [5, 5.41) is 210. The Morgan fingerprint density at radius 3 is 1.53 bits per heavy atom. The maximum atomic E-state index is 15.0. The van der Waals surface area contributed by atoms with Crippen LogP contribution in [0.15, 0.2) is 59.1 Å². The van der Waals surface area contributed by atoms with E-state index in [9.17, 15) is 169 Å². The Labute approximate surface area is 861 Å². The van der Waals surface area contributed by atoms with Crippen LogP contribution in [-0.2, 0) is 87.8 Å². The van der Waals surface area contributed by atoms with Crippen LogP contribution in [0, 0.1) is 28.6 Å². The quantitative estimate of drug-likeness (QED) is 0.0142. The molecule has 0 bridgehead atoms. The standard InChI is InChI=1S/C93H138N16O38S2/c1-6-7-72-146-65-31-51-50-14-11-46-30-49(113)26-27-91(46,4)73(50)57(114)32-92(51,5)93(65,147-72)64(121)41-145-90(143)144-28-29-148-149-42-44(3)101-83(137)53(16-22-67(123)97-36-59(116)76(131)79(134)62(119)39-111)104-86(140)56(19-25-71(128)129)107-85(139)54(17-23-68(124)98-37-60(117)77(132)80(135)63(120)40-112)105-87(141)55(18-24-70(126)127)106-84(138)52(15-21-66(122)96-35-58(115)75(130)78(133)61(118)38-110)103-69(125)20-8-43(2)100-82(136)45-9-12-47(13-10-45)95-33-48-34-99-81-74(102-48)88(142)109-89(94)108-81/h9-10,12-13,26-27,30,34,43-44,50-63,65,72-73,75-80,95,110-112,114-120,130-135H,6-8,11,14-25,28-29,31-33,35-42H2,1-5H3,(H,96,122)(H,97,123)(H,98,124)(H,100,136)(H,101,137)(H,103,125)(H,104,140)(H,105,141)(H,106,138)(H,107,139)(H,126,127)(H,128,129)(H3,94,99,108,109,142)/t43-,44-,50+,51+,52+,53+,54+,55+,56+,57+,58+,59+,60+,61-,62-,63-,65-,72?,73-,75-,76-,77-,78-,79-,80-,91+,92+,93-/m1/s1. The van der Waals surface area contributed by atoms with Crippen LogP contribution in [0.3, 0.4) is 0 Å². The van der Waals surface area contributed by atoms with Crippen LogP contribution in [0.2, 0.25) is 0 Å². The molecule has 830 valence electrons. The van der Waals surface area contributed by atoms with Gasteiger partial charge < -0.3 is 175 Å². The molecule has 1 aromatic carbocycles. The van der Waals surface area contributed by atoms with E-state index in [-0.39, 0.29) is 83.7 Å². The highest BCUT2D eigenvalue weighted by Crippen LogP contribution is 2.70. The second-order valence-electron chi connectivity index (χ2n) is 38.0. The largest absolute Gasteiger partial charge is 0.508 e. The molecule has 1 saturated heterocycles. The molecule has 4 fully saturated rings. The predicted octanol–water partition coefficient (Wildman–Crippen LogP) is -8.27. The van der Waals surface area contributed by atoms with Gasteiger partial charge in [0.05, 0.1) is 68.8 Å². The Hall–Kier alpha value is -11.3. The minimum absolute atomic E-state index is 0.0199. The summed E-state index contributed by atoms with van der Waals surface area (Å²) in [6.07, 6.45) is -28.6. The summed E-state index contributed by atoms with van der Waals surface area (Å²) >= 11 is 0. The van der Waals surface area contributed by atoms with Gasteiger partial charge in [-0.2, -0.15) is 4.98 Å². The van der Waals surface area contributed by atoms with Crippen LogP contribution in [0.4, 0.5) is 16.4 Å². The highest BCUT2D eigenvalue weighted by molar-refractivity contribution is 8.76. The van der Waals surface area contributed by atoms with Gasteiger partial charge in [0.2, 0.25) is 64.9 Å². The summed E-state index contributed by atoms with van der Waals surface area (Å²) in [5.41, 5.74) is 3.67. The molecule has 3 saturated carbocycles. The molecule has 4 aliphatic carbocycles. The number of hydrogen-bond acceptors (Lipinski definition) is 43. The zero-order chi connectivity index (χ0) is 110. The minimum Gasteiger partial charge on any atom is -0.481 e. The number of amides is 10. The number of ether oxygens (including phenoxy) is 4. The number of carbonyl (C=O) groups is 15. The number of fused-ring (bicyclic) bond motifs is 8. The maximum Gasteiger partial charge on any atom is 0.508 e. The number of aliphatic hydroxyl groups excluding tert-OH is 16. The molecule has 1 unspecified atom stereocenters. The number of aromatic amines is 1. The molecule has 0 spiro atoms. The van der Waals surface area contributed by atoms with E-state index >= 15 is 0 Å². The number of nitrogens with one attached hydrogen (secondary N) is 12. The number of carboxylic acid groups (broad SMARTS) is 2. The van der Waals surface area contributed by atoms with Crippen molar-refractivity contribution in [1.82, 2.24) is 73.1 Å². The fourth-order valence-electron chi connectivity index (χ4n) is 18.8. The Kier molecular flexibility index (Phi) is 47.7. The molecule has 3 heterocycles. The number of carbonyl (C=O) groups excluding carboxylic acids is 13. The number of anilines is 2. The van der Waals surface area contributed by atoms with E-state index in [0.29, 0.717) is 43.5 Å². The van der Waals surface area contributed by atoms with Crippen LogP contribution in [-0.4, -0.2) is 404 Å². The van der Waals surface area contributed by atoms with Gasteiger partial charge in [0, 0.05) is 110 Å². The second-order valence-corrected chi connectivity index (χ2v) is 40.6. The number of aliphatic hydroxyl groups is 16. The van der Waals surface area contributed by atoms with Crippen molar-refractivity contribution in [2.24, 2.45) is 28.6 Å². The molecule has 8 rings (SSSR count). The number of nitrogens with zero attached hydrogens (tertiary/aromatic N) is 3. The van der Waals surface area contributed by atoms with Crippen LogP contribution in [0.1, 0.15) is 166 Å². The van der Waals surface area contributed by atoms with E-state index < -0.39 is 356 Å². The van der Waals surface area contributed by atoms with Crippen molar-refractivity contribution >= 4 is 133 Å². The van der Waals surface area contributed by atoms with Gasteiger partial charge in [-0.15, -0.1) is 0 Å². The highest BCUT2D eigenvalue weighted by atomic mass is 33.1. The lowest BCUT2D eigenvalue weighted by molar-refractivity contribution is -0.200. The molecular formula is C93H138N16O38S2. The molecule has 54 nitrogen and oxygen atoms in total. The third-order valence-corrected chi connectivity index (χ3v) is 29.5. The molecule has 56 heteroatoms. The topological polar surface area (TPSA) is 887 Å². The van der Waals surface area contributed by atoms with Crippen molar-refractivity contribution in [3.63, 3.8) is 0 Å². The zero-order valence-corrected chi connectivity index (χ0v) is 84.1. The SMILES string of the molecule is CCCC1O[C@@H]2C[C@H]3[C@@H]4CCC5=CC(=O)C=C[C@]5(C)[C@H]4[C@@H](O)C[C@]3(C)[C@]2(C(=O)COC(=O)OCCSSC[C@@H](C)NC(=O)[C@H](CCC(=O)NC[C@H](O)[C@@H](O)[C@H](O)[C@H](O)CO)NC(=O)[C@H](CCC(=O)O)NC(=O)[C@H](CCC(=O)NC[C@H](O)[C@@H](O)[C@H](O)[C@H](O)CO)NC(=O)[C@H](CCC(=O)O)NC(=O)[C@H](CCC(=O)NC[C@H](O)[C@@H](O)[C@H](O)[C@H](O)CO)NC(=O)CC[C@@H](C)NC(=O)c2ccc(NCc3cnc4nc(N)[nH]c(=O)c4n3)cc2)O1. The summed E-state index contributed by atoms with van der Waals surface area (Å²) in [6, 6.07) is -5.92. The Balaban J connectivity index is 0.966. The monoisotopic (exact) mass is 2150 g/mol. The summed E-state index contributed by atoms with van der Waals surface area (Å²) < 4.78 is 23.9. The van der Waals surface area contributed by atoms with Crippen LogP contribution >= 0.6 is 21.6 Å². The number of rotatable bonds is 63. The first-order valence-corrected chi connectivity index (χ1v) is 51.2. The first-order valence-electron chi connectivity index (χ1n) is 48.7. The third kappa shape index (κ3) is 34.4. The fourth-order valence-corrected chi connectivity index (χ4v) is 20.9. The lowest BCUT2D eigenvalue weighted by Gasteiger charge is -2.59. The summed E-state index contributed by atoms with van der Waals surface area (Å²) in [4.78, 5) is 234. The van der Waals surface area contributed by atoms with E-state index in [2.05, 4.69) is 78.4 Å². The van der Waals surface area contributed by atoms with Crippen molar-refractivity contribution < 1.29 is 183 Å². The van der Waals surface area contributed by atoms with Crippen molar-refractivity contribution in [2.45, 2.75) is 296 Å². The Morgan fingerprint density at radius 1 is 0.577 bits per heavy atom. The molecule has 10 amide bonds. The number of H-pyrrole nitrogens is 1. The molecule has 5 aliphatic rings. The number of aliphatic carboxylic acids is 2. The van der Waals surface area contributed by atoms with Crippen LogP contribution < -0.4 is 69.8 Å².